The van der Waals surface area contributed by atoms with E-state index in [1.165, 1.54) is 0 Å². The molecule has 2 atom stereocenters. The molecular formula is C20H29NO6. The first-order valence-corrected chi connectivity index (χ1v) is 9.38. The van der Waals surface area contributed by atoms with Gasteiger partial charge in [-0.1, -0.05) is 49.6 Å². The van der Waals surface area contributed by atoms with Crippen LogP contribution < -0.4 is 5.32 Å². The fraction of sp³-hybridized carbons (Fsp3) is 0.600. The Hall–Kier alpha value is -2.12. The fourth-order valence-corrected chi connectivity index (χ4v) is 3.33. The molecule has 1 fully saturated rings. The highest BCUT2D eigenvalue weighted by atomic mass is 16.5. The monoisotopic (exact) mass is 379 g/mol. The molecular weight excluding hydrogens is 350 g/mol. The first-order chi connectivity index (χ1) is 13.0. The number of aliphatic hydroxyl groups excluding tert-OH is 1. The molecule has 1 aromatic carbocycles. The van der Waals surface area contributed by atoms with Crippen molar-refractivity contribution in [2.75, 3.05) is 13.2 Å². The van der Waals surface area contributed by atoms with E-state index in [2.05, 4.69) is 5.32 Å². The number of amides is 1. The van der Waals surface area contributed by atoms with Gasteiger partial charge in [-0.3, -0.25) is 0 Å². The highest BCUT2D eigenvalue weighted by molar-refractivity contribution is 5.80. The molecule has 0 unspecified atom stereocenters. The molecule has 1 aromatic rings. The number of carbonyl (C=O) groups is 2. The average molecular weight is 379 g/mol. The van der Waals surface area contributed by atoms with E-state index >= 15 is 0 Å². The van der Waals surface area contributed by atoms with E-state index < -0.39 is 24.2 Å². The van der Waals surface area contributed by atoms with Crippen molar-refractivity contribution in [3.63, 3.8) is 0 Å². The zero-order chi connectivity index (χ0) is 19.7. The number of hydrogen-bond acceptors (Lipinski definition) is 5. The van der Waals surface area contributed by atoms with Crippen molar-refractivity contribution in [1.29, 1.82) is 0 Å². The van der Waals surface area contributed by atoms with Crippen molar-refractivity contribution >= 4 is 12.1 Å². The maximum absolute atomic E-state index is 12.0. The lowest BCUT2D eigenvalue weighted by Gasteiger charge is -2.36. The summed E-state index contributed by atoms with van der Waals surface area (Å²) in [5, 5.41) is 21.5. The van der Waals surface area contributed by atoms with Crippen LogP contribution in [0.4, 0.5) is 4.79 Å². The Morgan fingerprint density at radius 1 is 1.19 bits per heavy atom. The zero-order valence-electron chi connectivity index (χ0n) is 15.7. The lowest BCUT2D eigenvalue weighted by atomic mass is 9.75. The summed E-state index contributed by atoms with van der Waals surface area (Å²) in [5.41, 5.74) is 0.495. The number of carboxylic acids is 1. The predicted octanol–water partition coefficient (Wildman–Crippen LogP) is 2.71. The summed E-state index contributed by atoms with van der Waals surface area (Å²) < 4.78 is 10.8. The smallest absolute Gasteiger partial charge is 0.408 e. The van der Waals surface area contributed by atoms with Crippen LogP contribution >= 0.6 is 0 Å². The van der Waals surface area contributed by atoms with Crippen LogP contribution in [0.5, 0.6) is 0 Å². The second-order valence-corrected chi connectivity index (χ2v) is 7.26. The highest BCUT2D eigenvalue weighted by Gasteiger charge is 2.35. The number of nitrogens with one attached hydrogen (secondary N) is 1. The topological polar surface area (TPSA) is 105 Å². The molecule has 150 valence electrons. The molecule has 0 heterocycles. The van der Waals surface area contributed by atoms with Gasteiger partial charge in [0.25, 0.3) is 0 Å². The number of aliphatic carboxylic acids is 1. The van der Waals surface area contributed by atoms with Gasteiger partial charge < -0.3 is 25.0 Å². The Labute approximate surface area is 159 Å². The van der Waals surface area contributed by atoms with Crippen molar-refractivity contribution in [2.45, 2.75) is 57.8 Å². The lowest BCUT2D eigenvalue weighted by Crippen LogP contribution is -2.50. The molecule has 2 rings (SSSR count). The third-order valence-electron chi connectivity index (χ3n) is 5.12. The number of alkyl carbamates (subject to hydrolysis) is 1. The summed E-state index contributed by atoms with van der Waals surface area (Å²) >= 11 is 0. The zero-order valence-corrected chi connectivity index (χ0v) is 15.7. The number of carbonyl (C=O) groups excluding carboxylic acids is 1. The van der Waals surface area contributed by atoms with E-state index in [-0.39, 0.29) is 25.2 Å². The predicted molar refractivity (Wildman–Crippen MR) is 99.2 cm³/mol. The van der Waals surface area contributed by atoms with Crippen LogP contribution in [-0.2, 0) is 20.9 Å². The normalized spacial score (nSPS) is 18.3. The molecule has 0 radical (unpaired) electrons. The van der Waals surface area contributed by atoms with Crippen LogP contribution in [0.3, 0.4) is 0 Å². The Morgan fingerprint density at radius 2 is 1.85 bits per heavy atom. The Bertz CT molecular complexity index is 600. The van der Waals surface area contributed by atoms with Crippen LogP contribution in [0.2, 0.25) is 0 Å². The van der Waals surface area contributed by atoms with Crippen LogP contribution in [0.25, 0.3) is 0 Å². The summed E-state index contributed by atoms with van der Waals surface area (Å²) in [5.74, 6) is -1.19. The Kier molecular flexibility index (Phi) is 8.06. The van der Waals surface area contributed by atoms with Crippen LogP contribution in [-0.4, -0.2) is 47.6 Å². The molecule has 0 spiro atoms. The summed E-state index contributed by atoms with van der Waals surface area (Å²) in [4.78, 5) is 23.5. The van der Waals surface area contributed by atoms with Gasteiger partial charge in [0.1, 0.15) is 6.61 Å². The molecule has 3 N–H and O–H groups in total. The van der Waals surface area contributed by atoms with Gasteiger partial charge in [-0.2, -0.15) is 0 Å². The van der Waals surface area contributed by atoms with E-state index in [0.29, 0.717) is 0 Å². The Balaban J connectivity index is 1.85. The minimum Gasteiger partial charge on any atom is -0.480 e. The standard InChI is InChI=1S/C20H29NO6/c1-15(27-14-20(13-22)10-6-3-7-11-20)17(18(23)24)21-19(25)26-12-16-8-4-2-5-9-16/h2,4-5,8-9,15,17,22H,3,6-7,10-14H2,1H3,(H,21,25)(H,23,24)/t15-,17+/m1/s1. The highest BCUT2D eigenvalue weighted by Crippen LogP contribution is 2.36. The van der Waals surface area contributed by atoms with E-state index in [1.807, 2.05) is 30.3 Å². The van der Waals surface area contributed by atoms with Gasteiger partial charge in [-0.25, -0.2) is 9.59 Å². The second kappa shape index (κ2) is 10.3. The maximum Gasteiger partial charge on any atom is 0.408 e. The van der Waals surface area contributed by atoms with Crippen molar-refractivity contribution in [1.82, 2.24) is 5.32 Å². The largest absolute Gasteiger partial charge is 0.480 e. The van der Waals surface area contributed by atoms with Crippen LogP contribution in [0, 0.1) is 5.41 Å². The minimum atomic E-state index is -1.23. The van der Waals surface area contributed by atoms with E-state index in [0.717, 1.165) is 37.7 Å². The number of aliphatic hydroxyl groups is 1. The number of ether oxygens (including phenoxy) is 2. The first kappa shape index (κ1) is 21.2. The summed E-state index contributed by atoms with van der Waals surface area (Å²) in [7, 11) is 0. The molecule has 1 aliphatic rings. The molecule has 7 heteroatoms. The lowest BCUT2D eigenvalue weighted by molar-refractivity contribution is -0.145. The molecule has 1 saturated carbocycles. The van der Waals surface area contributed by atoms with Gasteiger partial charge >= 0.3 is 12.1 Å². The van der Waals surface area contributed by atoms with Crippen molar-refractivity contribution in [3.8, 4) is 0 Å². The molecule has 0 bridgehead atoms. The number of hydrogen-bond donors (Lipinski definition) is 3. The van der Waals surface area contributed by atoms with Crippen molar-refractivity contribution < 1.29 is 29.3 Å². The second-order valence-electron chi connectivity index (χ2n) is 7.26. The molecule has 0 aromatic heterocycles. The number of carboxylic acid groups (broad SMARTS) is 1. The SMILES string of the molecule is C[C@@H](OCC1(CO)CCCCC1)[C@H](NC(=O)OCc1ccccc1)C(=O)O. The quantitative estimate of drug-likeness (QED) is 0.609. The number of rotatable bonds is 9. The average Bonchev–Trinajstić information content (AvgIpc) is 2.70. The summed E-state index contributed by atoms with van der Waals surface area (Å²) in [6.07, 6.45) is 3.37. The van der Waals surface area contributed by atoms with E-state index in [9.17, 15) is 19.8 Å². The third-order valence-corrected chi connectivity index (χ3v) is 5.12. The summed E-state index contributed by atoms with van der Waals surface area (Å²) in [6.45, 7) is 1.95. The molecule has 0 aliphatic heterocycles. The molecule has 1 aliphatic carbocycles. The Morgan fingerprint density at radius 3 is 2.44 bits per heavy atom. The van der Waals surface area contributed by atoms with Gasteiger partial charge in [-0.15, -0.1) is 0 Å². The number of benzene rings is 1. The van der Waals surface area contributed by atoms with Gasteiger partial charge in [0.15, 0.2) is 6.04 Å². The van der Waals surface area contributed by atoms with Gasteiger partial charge in [0.05, 0.1) is 19.3 Å². The summed E-state index contributed by atoms with van der Waals surface area (Å²) in [6, 6.07) is 7.91. The first-order valence-electron chi connectivity index (χ1n) is 9.38. The van der Waals surface area contributed by atoms with Gasteiger partial charge in [0, 0.05) is 5.41 Å². The third kappa shape index (κ3) is 6.52. The van der Waals surface area contributed by atoms with Gasteiger partial charge in [-0.05, 0) is 25.3 Å². The molecule has 1 amide bonds. The van der Waals surface area contributed by atoms with Crippen LogP contribution in [0.1, 0.15) is 44.6 Å². The molecule has 27 heavy (non-hydrogen) atoms. The van der Waals surface area contributed by atoms with Crippen molar-refractivity contribution in [3.05, 3.63) is 35.9 Å². The minimum absolute atomic E-state index is 0.0179. The van der Waals surface area contributed by atoms with Crippen molar-refractivity contribution in [2.24, 2.45) is 5.41 Å². The molecule has 0 saturated heterocycles. The van der Waals surface area contributed by atoms with E-state index in [1.54, 1.807) is 6.92 Å². The fourth-order valence-electron chi connectivity index (χ4n) is 3.33. The maximum atomic E-state index is 12.0. The molecule has 7 nitrogen and oxygen atoms in total. The van der Waals surface area contributed by atoms with Gasteiger partial charge in [0.2, 0.25) is 0 Å². The van der Waals surface area contributed by atoms with Crippen LogP contribution in [0.15, 0.2) is 30.3 Å². The van der Waals surface area contributed by atoms with E-state index in [4.69, 9.17) is 9.47 Å².